The second-order valence-corrected chi connectivity index (χ2v) is 15.7. The Labute approximate surface area is 350 Å². The molecule has 56 heavy (non-hydrogen) atoms. The Morgan fingerprint density at radius 2 is 1.00 bits per heavy atom. The molecule has 0 saturated carbocycles. The minimum Gasteiger partial charge on any atom is -0.483 e. The van der Waals surface area contributed by atoms with E-state index in [4.69, 9.17) is 19.4 Å². The van der Waals surface area contributed by atoms with E-state index in [9.17, 15) is 9.90 Å². The number of methoxy groups -OCH3 is 1. The van der Waals surface area contributed by atoms with Gasteiger partial charge in [0.15, 0.2) is 0 Å². The van der Waals surface area contributed by atoms with Crippen LogP contribution in [-0.4, -0.2) is 73.6 Å². The van der Waals surface area contributed by atoms with E-state index in [2.05, 4.69) is 32.3 Å². The molecule has 0 fully saturated rings. The van der Waals surface area contributed by atoms with Crippen LogP contribution in [0.5, 0.6) is 0 Å². The maximum Gasteiger partial charge on any atom is 0.302 e. The van der Waals surface area contributed by atoms with E-state index in [0.717, 1.165) is 38.4 Å². The zero-order valence-electron chi connectivity index (χ0n) is 38.9. The molecule has 0 spiro atoms. The van der Waals surface area contributed by atoms with Gasteiger partial charge in [-0.3, -0.25) is 9.59 Å². The molecule has 0 radical (unpaired) electrons. The Balaban J connectivity index is -0.000000477. The Kier molecular flexibility index (Phi) is 63.3. The number of allylic oxidation sites excluding steroid dienone is 1. The topological polar surface area (TPSA) is 96.3 Å². The van der Waals surface area contributed by atoms with Gasteiger partial charge in [0, 0.05) is 20.6 Å². The lowest BCUT2D eigenvalue weighted by Gasteiger charge is -2.21. The van der Waals surface area contributed by atoms with Crippen molar-refractivity contribution in [2.24, 2.45) is 5.92 Å². The smallest absolute Gasteiger partial charge is 0.302 e. The first-order valence-corrected chi connectivity index (χ1v) is 24.0. The highest BCUT2D eigenvalue weighted by Crippen LogP contribution is 2.19. The van der Waals surface area contributed by atoms with Crippen LogP contribution in [0.1, 0.15) is 241 Å². The number of carboxylic acid groups (broad SMARTS) is 1. The Morgan fingerprint density at radius 3 is 1.41 bits per heavy atom. The second-order valence-electron chi connectivity index (χ2n) is 15.7. The first kappa shape index (κ1) is 61.2. The van der Waals surface area contributed by atoms with Gasteiger partial charge in [-0.1, -0.05) is 195 Å². The van der Waals surface area contributed by atoms with Crippen molar-refractivity contribution in [1.29, 1.82) is 0 Å². The molecule has 7 heteroatoms. The molecule has 0 amide bonds. The number of aliphatic hydroxyl groups is 1. The molecule has 0 aliphatic heterocycles. The molecule has 7 nitrogen and oxygen atoms in total. The number of unbranched alkanes of at least 4 members (excludes halogenated alkanes) is 22. The zero-order valence-corrected chi connectivity index (χ0v) is 38.9. The first-order valence-electron chi connectivity index (χ1n) is 24.0. The SMILES string of the molecule is C=CCCCCCCCN(CCO)CCCCCC(C)CCCCCCCCOC(C)=O.CC.CCCCCCCCC(CCCCCCCC)OC.O=CO. The number of aliphatic hydroxyl groups excluding tert-OH is 1. The molecule has 0 aromatic rings. The van der Waals surface area contributed by atoms with Crippen molar-refractivity contribution in [3.63, 3.8) is 0 Å². The van der Waals surface area contributed by atoms with E-state index in [1.165, 1.54) is 193 Å². The van der Waals surface area contributed by atoms with Crippen LogP contribution in [-0.2, 0) is 19.1 Å². The van der Waals surface area contributed by atoms with Crippen molar-refractivity contribution in [2.45, 2.75) is 247 Å². The molecule has 0 aromatic carbocycles. The number of carbonyl (C=O) groups is 2. The lowest BCUT2D eigenvalue weighted by atomic mass is 9.96. The van der Waals surface area contributed by atoms with Crippen molar-refractivity contribution in [3.05, 3.63) is 12.7 Å². The van der Waals surface area contributed by atoms with Crippen LogP contribution < -0.4 is 0 Å². The third-order valence-electron chi connectivity index (χ3n) is 10.5. The summed E-state index contributed by atoms with van der Waals surface area (Å²) in [5.41, 5.74) is 0. The molecule has 0 aromatic heterocycles. The van der Waals surface area contributed by atoms with Gasteiger partial charge in [-0.05, 0) is 64.0 Å². The number of nitrogens with zero attached hydrogens (tertiary/aromatic N) is 1. The molecule has 0 bridgehead atoms. The van der Waals surface area contributed by atoms with E-state index >= 15 is 0 Å². The van der Waals surface area contributed by atoms with E-state index < -0.39 is 0 Å². The summed E-state index contributed by atoms with van der Waals surface area (Å²) in [5.74, 6) is 0.677. The summed E-state index contributed by atoms with van der Waals surface area (Å²) in [5, 5.41) is 16.2. The molecule has 338 valence electrons. The number of hydrogen-bond acceptors (Lipinski definition) is 6. The molecular weight excluding hydrogens is 699 g/mol. The first-order chi connectivity index (χ1) is 27.4. The van der Waals surface area contributed by atoms with Crippen LogP contribution in [0.25, 0.3) is 0 Å². The maximum absolute atomic E-state index is 10.7. The van der Waals surface area contributed by atoms with Gasteiger partial charge >= 0.3 is 5.97 Å². The van der Waals surface area contributed by atoms with Gasteiger partial charge < -0.3 is 24.6 Å². The summed E-state index contributed by atoms with van der Waals surface area (Å²) in [6.07, 6.45) is 43.5. The molecule has 0 rings (SSSR count). The van der Waals surface area contributed by atoms with Crippen LogP contribution in [0.2, 0.25) is 0 Å². The normalized spacial score (nSPS) is 11.2. The highest BCUT2D eigenvalue weighted by atomic mass is 16.5. The Morgan fingerprint density at radius 1 is 0.625 bits per heavy atom. The van der Waals surface area contributed by atoms with E-state index in [1.807, 2.05) is 27.0 Å². The Hall–Kier alpha value is -1.44. The number of rotatable bonds is 40. The summed E-state index contributed by atoms with van der Waals surface area (Å²) in [7, 11) is 1.89. The van der Waals surface area contributed by atoms with Gasteiger partial charge in [0.05, 0.1) is 19.3 Å². The summed E-state index contributed by atoms with van der Waals surface area (Å²) in [6.45, 7) is 20.0. The van der Waals surface area contributed by atoms with Crippen LogP contribution in [0.4, 0.5) is 0 Å². The monoisotopic (exact) mass is 800 g/mol. The summed E-state index contributed by atoms with van der Waals surface area (Å²) in [4.78, 5) is 21.5. The number of esters is 1. The summed E-state index contributed by atoms with van der Waals surface area (Å²) < 4.78 is 10.6. The maximum atomic E-state index is 10.7. The Bertz CT molecular complexity index is 705. The fraction of sp³-hybridized carbons (Fsp3) is 0.918. The number of hydrogen-bond donors (Lipinski definition) is 2. The van der Waals surface area contributed by atoms with E-state index in [1.54, 1.807) is 0 Å². The van der Waals surface area contributed by atoms with Crippen LogP contribution in [0.15, 0.2) is 12.7 Å². The molecule has 0 aliphatic rings. The van der Waals surface area contributed by atoms with Gasteiger partial charge in [0.25, 0.3) is 6.47 Å². The lowest BCUT2D eigenvalue weighted by molar-refractivity contribution is -0.141. The van der Waals surface area contributed by atoms with Crippen molar-refractivity contribution < 1.29 is 29.3 Å². The predicted molar refractivity (Wildman–Crippen MR) is 245 cm³/mol. The lowest BCUT2D eigenvalue weighted by Crippen LogP contribution is -2.29. The fourth-order valence-corrected chi connectivity index (χ4v) is 6.98. The number of carbonyl (C=O) groups excluding carboxylic acids is 1. The van der Waals surface area contributed by atoms with Crippen molar-refractivity contribution in [1.82, 2.24) is 4.90 Å². The molecule has 0 saturated heterocycles. The van der Waals surface area contributed by atoms with Gasteiger partial charge in [0.1, 0.15) is 0 Å². The third kappa shape index (κ3) is 59.3. The number of ether oxygens (including phenoxy) is 2. The van der Waals surface area contributed by atoms with E-state index in [-0.39, 0.29) is 19.0 Å². The zero-order chi connectivity index (χ0) is 42.6. The van der Waals surface area contributed by atoms with Crippen molar-refractivity contribution >= 4 is 12.4 Å². The molecule has 0 aliphatic carbocycles. The van der Waals surface area contributed by atoms with Gasteiger partial charge in [-0.25, -0.2) is 0 Å². The molecule has 1 unspecified atom stereocenters. The molecular formula is C49H101NO6. The van der Waals surface area contributed by atoms with Crippen LogP contribution in [0, 0.1) is 5.92 Å². The van der Waals surface area contributed by atoms with Crippen molar-refractivity contribution in [2.75, 3.05) is 40.0 Å². The standard InChI is InChI=1S/C28H55NO3.C18H38O.C2H6.CH2O2/c1-4-5-6-7-9-12-17-22-29(24-25-30)23-18-14-16-21-27(2)20-15-11-8-10-13-19-26-32-28(3)31;1-4-6-8-10-12-14-16-18(19-3)17-15-13-11-9-7-5-2;1-2;2-1-3/h4,27,30H,1,5-26H2,2-3H3;18H,4-17H2,1-3H3;1-2H3;1H,(H,2,3). The molecule has 1 atom stereocenters. The summed E-state index contributed by atoms with van der Waals surface area (Å²) in [6, 6.07) is 0. The van der Waals surface area contributed by atoms with Gasteiger partial charge in [0.2, 0.25) is 0 Å². The second kappa shape index (κ2) is 57.9. The summed E-state index contributed by atoms with van der Waals surface area (Å²) >= 11 is 0. The minimum atomic E-state index is -0.250. The molecule has 0 heterocycles. The molecule has 2 N–H and O–H groups in total. The predicted octanol–water partition coefficient (Wildman–Crippen LogP) is 14.5. The van der Waals surface area contributed by atoms with Crippen LogP contribution in [0.3, 0.4) is 0 Å². The third-order valence-corrected chi connectivity index (χ3v) is 10.5. The van der Waals surface area contributed by atoms with Gasteiger partial charge in [-0.2, -0.15) is 0 Å². The average molecular weight is 800 g/mol. The minimum absolute atomic E-state index is 0.164. The highest BCUT2D eigenvalue weighted by molar-refractivity contribution is 5.65. The quantitative estimate of drug-likeness (QED) is 0.0276. The largest absolute Gasteiger partial charge is 0.483 e. The van der Waals surface area contributed by atoms with Gasteiger partial charge in [-0.15, -0.1) is 6.58 Å². The van der Waals surface area contributed by atoms with Crippen molar-refractivity contribution in [3.8, 4) is 0 Å². The fourth-order valence-electron chi connectivity index (χ4n) is 6.98. The van der Waals surface area contributed by atoms with Crippen LogP contribution >= 0.6 is 0 Å². The van der Waals surface area contributed by atoms with E-state index in [0.29, 0.717) is 12.7 Å². The highest BCUT2D eigenvalue weighted by Gasteiger charge is 2.08. The average Bonchev–Trinajstić information content (AvgIpc) is 3.19.